The Morgan fingerprint density at radius 2 is 2.19 bits per heavy atom. The number of halogens is 1. The van der Waals surface area contributed by atoms with Crippen molar-refractivity contribution in [2.24, 2.45) is 5.92 Å². The molecular formula is C17H25ClN2O. The molecule has 1 heterocycles. The average Bonchev–Trinajstić information content (AvgIpc) is 2.93. The third kappa shape index (κ3) is 5.01. The van der Waals surface area contributed by atoms with E-state index in [4.69, 9.17) is 11.6 Å². The van der Waals surface area contributed by atoms with Crippen molar-refractivity contribution in [3.05, 3.63) is 34.9 Å². The van der Waals surface area contributed by atoms with Gasteiger partial charge in [0.2, 0.25) is 5.91 Å². The summed E-state index contributed by atoms with van der Waals surface area (Å²) in [6.45, 7) is 6.98. The summed E-state index contributed by atoms with van der Waals surface area (Å²) in [6.07, 6.45) is 2.76. The zero-order valence-electron chi connectivity index (χ0n) is 12.9. The first-order chi connectivity index (χ1) is 10.1. The number of hydrogen-bond donors (Lipinski definition) is 1. The first-order valence-electron chi connectivity index (χ1n) is 7.81. The van der Waals surface area contributed by atoms with Crippen molar-refractivity contribution in [2.45, 2.75) is 39.2 Å². The summed E-state index contributed by atoms with van der Waals surface area (Å²) in [5.74, 6) is 0.645. The maximum atomic E-state index is 12.6. The predicted molar refractivity (Wildman–Crippen MR) is 87.6 cm³/mol. The molecule has 1 fully saturated rings. The Kier molecular flexibility index (Phi) is 6.07. The highest BCUT2D eigenvalue weighted by Gasteiger charge is 2.22. The maximum absolute atomic E-state index is 12.6. The van der Waals surface area contributed by atoms with Gasteiger partial charge in [-0.2, -0.15) is 0 Å². The molecule has 2 rings (SSSR count). The minimum absolute atomic E-state index is 0.172. The third-order valence-electron chi connectivity index (χ3n) is 3.84. The molecular weight excluding hydrogens is 284 g/mol. The Labute approximate surface area is 132 Å². The van der Waals surface area contributed by atoms with Crippen LogP contribution in [0.4, 0.5) is 0 Å². The lowest BCUT2D eigenvalue weighted by Gasteiger charge is -2.28. The molecule has 1 unspecified atom stereocenters. The van der Waals surface area contributed by atoms with Crippen molar-refractivity contribution in [2.75, 3.05) is 19.6 Å². The van der Waals surface area contributed by atoms with E-state index in [0.717, 1.165) is 31.6 Å². The Morgan fingerprint density at radius 3 is 2.81 bits per heavy atom. The molecule has 1 aromatic carbocycles. The second-order valence-electron chi connectivity index (χ2n) is 6.25. The first-order valence-corrected chi connectivity index (χ1v) is 8.18. The number of rotatable bonds is 6. The fourth-order valence-electron chi connectivity index (χ4n) is 2.81. The normalized spacial score (nSPS) is 18.2. The Balaban J connectivity index is 2.01. The van der Waals surface area contributed by atoms with Crippen molar-refractivity contribution in [1.82, 2.24) is 10.2 Å². The number of amides is 1. The summed E-state index contributed by atoms with van der Waals surface area (Å²) >= 11 is 6.17. The molecule has 21 heavy (non-hydrogen) atoms. The standard InChI is InChI=1S/C17H25ClN2O/c1-13(2)11-20(12-15-7-5-9-19-15)17(21)10-14-6-3-4-8-16(14)18/h3-4,6,8,13,15,19H,5,7,9-12H2,1-2H3. The van der Waals surface area contributed by atoms with Gasteiger partial charge in [-0.15, -0.1) is 0 Å². The largest absolute Gasteiger partial charge is 0.341 e. The highest BCUT2D eigenvalue weighted by molar-refractivity contribution is 6.31. The molecule has 1 atom stereocenters. The topological polar surface area (TPSA) is 32.3 Å². The van der Waals surface area contributed by atoms with Crippen molar-refractivity contribution in [1.29, 1.82) is 0 Å². The van der Waals surface area contributed by atoms with E-state index in [2.05, 4.69) is 19.2 Å². The summed E-state index contributed by atoms with van der Waals surface area (Å²) in [4.78, 5) is 14.6. The molecule has 1 aliphatic rings. The van der Waals surface area contributed by atoms with Gasteiger partial charge in [-0.1, -0.05) is 43.6 Å². The van der Waals surface area contributed by atoms with Crippen LogP contribution in [0.3, 0.4) is 0 Å². The number of nitrogens with zero attached hydrogens (tertiary/aromatic N) is 1. The van der Waals surface area contributed by atoms with Crippen LogP contribution in [0.15, 0.2) is 24.3 Å². The molecule has 0 saturated carbocycles. The highest BCUT2D eigenvalue weighted by Crippen LogP contribution is 2.17. The number of carbonyl (C=O) groups excluding carboxylic acids is 1. The van der Waals surface area contributed by atoms with Gasteiger partial charge in [0, 0.05) is 24.2 Å². The lowest BCUT2D eigenvalue weighted by atomic mass is 10.1. The van der Waals surface area contributed by atoms with Gasteiger partial charge in [-0.3, -0.25) is 4.79 Å². The Morgan fingerprint density at radius 1 is 1.43 bits per heavy atom. The Hall–Kier alpha value is -1.06. The van der Waals surface area contributed by atoms with Crippen LogP contribution in [0.1, 0.15) is 32.3 Å². The average molecular weight is 309 g/mol. The van der Waals surface area contributed by atoms with E-state index in [1.807, 2.05) is 29.2 Å². The molecule has 1 amide bonds. The van der Waals surface area contributed by atoms with Crippen LogP contribution < -0.4 is 5.32 Å². The molecule has 116 valence electrons. The minimum atomic E-state index is 0.172. The molecule has 0 aliphatic carbocycles. The lowest BCUT2D eigenvalue weighted by Crippen LogP contribution is -2.43. The molecule has 1 aliphatic heterocycles. The van der Waals surface area contributed by atoms with E-state index in [1.54, 1.807) is 0 Å². The van der Waals surface area contributed by atoms with Gasteiger partial charge in [0.25, 0.3) is 0 Å². The molecule has 0 bridgehead atoms. The van der Waals surface area contributed by atoms with Gasteiger partial charge >= 0.3 is 0 Å². The molecule has 0 radical (unpaired) electrons. The zero-order chi connectivity index (χ0) is 15.2. The molecule has 4 heteroatoms. The molecule has 1 aromatic rings. The van der Waals surface area contributed by atoms with E-state index in [9.17, 15) is 4.79 Å². The molecule has 0 aromatic heterocycles. The van der Waals surface area contributed by atoms with Crippen LogP contribution in [0, 0.1) is 5.92 Å². The second kappa shape index (κ2) is 7.81. The fraction of sp³-hybridized carbons (Fsp3) is 0.588. The van der Waals surface area contributed by atoms with E-state index >= 15 is 0 Å². The second-order valence-corrected chi connectivity index (χ2v) is 6.66. The van der Waals surface area contributed by atoms with Gasteiger partial charge in [-0.05, 0) is 36.9 Å². The SMILES string of the molecule is CC(C)CN(CC1CCCN1)C(=O)Cc1ccccc1Cl. The minimum Gasteiger partial charge on any atom is -0.341 e. The van der Waals surface area contributed by atoms with Crippen molar-refractivity contribution in [3.63, 3.8) is 0 Å². The predicted octanol–water partition coefficient (Wildman–Crippen LogP) is 3.12. The Bertz CT molecular complexity index is 470. The monoisotopic (exact) mass is 308 g/mol. The highest BCUT2D eigenvalue weighted by atomic mass is 35.5. The molecule has 1 N–H and O–H groups in total. The lowest BCUT2D eigenvalue weighted by molar-refractivity contribution is -0.131. The summed E-state index contributed by atoms with van der Waals surface area (Å²) in [6, 6.07) is 8.04. The van der Waals surface area contributed by atoms with Crippen molar-refractivity contribution < 1.29 is 4.79 Å². The van der Waals surface area contributed by atoms with E-state index in [1.165, 1.54) is 6.42 Å². The van der Waals surface area contributed by atoms with Crippen LogP contribution >= 0.6 is 11.6 Å². The zero-order valence-corrected chi connectivity index (χ0v) is 13.7. The van der Waals surface area contributed by atoms with Gasteiger partial charge < -0.3 is 10.2 Å². The number of hydrogen-bond acceptors (Lipinski definition) is 2. The van der Waals surface area contributed by atoms with Crippen LogP contribution in [-0.4, -0.2) is 36.5 Å². The number of benzene rings is 1. The smallest absolute Gasteiger partial charge is 0.227 e. The summed E-state index contributed by atoms with van der Waals surface area (Å²) < 4.78 is 0. The maximum Gasteiger partial charge on any atom is 0.227 e. The van der Waals surface area contributed by atoms with Gasteiger partial charge in [0.15, 0.2) is 0 Å². The van der Waals surface area contributed by atoms with Crippen molar-refractivity contribution in [3.8, 4) is 0 Å². The van der Waals surface area contributed by atoms with E-state index in [0.29, 0.717) is 23.4 Å². The fourth-order valence-corrected chi connectivity index (χ4v) is 3.02. The summed E-state index contributed by atoms with van der Waals surface area (Å²) in [7, 11) is 0. The van der Waals surface area contributed by atoms with Gasteiger partial charge in [0.05, 0.1) is 6.42 Å². The van der Waals surface area contributed by atoms with E-state index < -0.39 is 0 Å². The molecule has 3 nitrogen and oxygen atoms in total. The quantitative estimate of drug-likeness (QED) is 0.876. The van der Waals surface area contributed by atoms with Crippen molar-refractivity contribution >= 4 is 17.5 Å². The summed E-state index contributed by atoms with van der Waals surface area (Å²) in [5, 5.41) is 4.15. The van der Waals surface area contributed by atoms with Crippen LogP contribution in [-0.2, 0) is 11.2 Å². The third-order valence-corrected chi connectivity index (χ3v) is 4.21. The van der Waals surface area contributed by atoms with Crippen LogP contribution in [0.2, 0.25) is 5.02 Å². The van der Waals surface area contributed by atoms with Crippen LogP contribution in [0.25, 0.3) is 0 Å². The number of nitrogens with one attached hydrogen (secondary N) is 1. The molecule has 0 spiro atoms. The number of carbonyl (C=O) groups is 1. The van der Waals surface area contributed by atoms with E-state index in [-0.39, 0.29) is 5.91 Å². The first kappa shape index (κ1) is 16.3. The van der Waals surface area contributed by atoms with Gasteiger partial charge in [-0.25, -0.2) is 0 Å². The molecule has 1 saturated heterocycles. The van der Waals surface area contributed by atoms with Gasteiger partial charge in [0.1, 0.15) is 0 Å². The summed E-state index contributed by atoms with van der Waals surface area (Å²) in [5.41, 5.74) is 0.914. The van der Waals surface area contributed by atoms with Crippen LogP contribution in [0.5, 0.6) is 0 Å².